The van der Waals surface area contributed by atoms with Gasteiger partial charge in [-0.05, 0) is 55.8 Å². The Kier molecular flexibility index (Phi) is 5.26. The number of rotatable bonds is 4. The molecule has 1 heterocycles. The van der Waals surface area contributed by atoms with Crippen LogP contribution >= 0.6 is 11.6 Å². The van der Waals surface area contributed by atoms with Gasteiger partial charge in [-0.25, -0.2) is 0 Å². The van der Waals surface area contributed by atoms with Crippen LogP contribution in [0.1, 0.15) is 43.4 Å². The number of nitrogens with zero attached hydrogens (tertiary/aromatic N) is 1. The normalized spacial score (nSPS) is 22.4. The van der Waals surface area contributed by atoms with Gasteiger partial charge in [0.25, 0.3) is 0 Å². The Hall–Kier alpha value is -0.570. The van der Waals surface area contributed by atoms with Crippen molar-refractivity contribution in [2.75, 3.05) is 19.6 Å². The quantitative estimate of drug-likeness (QED) is 0.907. The predicted molar refractivity (Wildman–Crippen MR) is 80.6 cm³/mol. The van der Waals surface area contributed by atoms with E-state index in [1.807, 2.05) is 25.1 Å². The van der Waals surface area contributed by atoms with Crippen LogP contribution in [0.5, 0.6) is 0 Å². The number of aliphatic hydroxyl groups is 1. The molecule has 1 aromatic carbocycles. The molecule has 1 aliphatic heterocycles. The smallest absolute Gasteiger partial charge is 0.0802 e. The van der Waals surface area contributed by atoms with Gasteiger partial charge in [0, 0.05) is 18.1 Å². The zero-order valence-corrected chi connectivity index (χ0v) is 12.7. The SMILES string of the molecule is Cc1cc(C(O)CCN2CCCC(C)C2)ccc1Cl. The lowest BCUT2D eigenvalue weighted by Gasteiger charge is -2.31. The third kappa shape index (κ3) is 4.20. The van der Waals surface area contributed by atoms with Crippen molar-refractivity contribution in [1.29, 1.82) is 0 Å². The van der Waals surface area contributed by atoms with Crippen LogP contribution in [-0.4, -0.2) is 29.6 Å². The van der Waals surface area contributed by atoms with Gasteiger partial charge in [-0.2, -0.15) is 0 Å². The molecular formula is C16H24ClNO. The maximum absolute atomic E-state index is 10.3. The number of likely N-dealkylation sites (tertiary alicyclic amines) is 1. The molecule has 0 radical (unpaired) electrons. The molecule has 2 nitrogen and oxygen atoms in total. The van der Waals surface area contributed by atoms with Gasteiger partial charge in [-0.15, -0.1) is 0 Å². The number of aryl methyl sites for hydroxylation is 1. The molecule has 19 heavy (non-hydrogen) atoms. The number of aliphatic hydroxyl groups excluding tert-OH is 1. The summed E-state index contributed by atoms with van der Waals surface area (Å²) < 4.78 is 0. The Labute approximate surface area is 121 Å². The second-order valence-electron chi connectivity index (χ2n) is 5.86. The monoisotopic (exact) mass is 281 g/mol. The minimum absolute atomic E-state index is 0.381. The maximum atomic E-state index is 10.3. The topological polar surface area (TPSA) is 23.5 Å². The fourth-order valence-electron chi connectivity index (χ4n) is 2.84. The molecule has 1 aliphatic rings. The Balaban J connectivity index is 1.86. The van der Waals surface area contributed by atoms with Crippen molar-refractivity contribution >= 4 is 11.6 Å². The van der Waals surface area contributed by atoms with Gasteiger partial charge < -0.3 is 10.0 Å². The second kappa shape index (κ2) is 6.74. The predicted octanol–water partition coefficient (Wildman–Crippen LogP) is 3.80. The van der Waals surface area contributed by atoms with Crippen LogP contribution in [0.3, 0.4) is 0 Å². The van der Waals surface area contributed by atoms with Gasteiger partial charge in [0.1, 0.15) is 0 Å². The average Bonchev–Trinajstić information content (AvgIpc) is 2.39. The van der Waals surface area contributed by atoms with Crippen molar-refractivity contribution in [3.63, 3.8) is 0 Å². The molecule has 2 atom stereocenters. The molecule has 1 N–H and O–H groups in total. The Morgan fingerprint density at radius 2 is 2.26 bits per heavy atom. The molecular weight excluding hydrogens is 258 g/mol. The molecule has 0 bridgehead atoms. The van der Waals surface area contributed by atoms with Crippen molar-refractivity contribution in [2.45, 2.75) is 39.2 Å². The van der Waals surface area contributed by atoms with Gasteiger partial charge in [0.15, 0.2) is 0 Å². The first kappa shape index (κ1) is 14.8. The van der Waals surface area contributed by atoms with Gasteiger partial charge in [0.2, 0.25) is 0 Å². The fourth-order valence-corrected chi connectivity index (χ4v) is 2.95. The first-order chi connectivity index (χ1) is 9.06. The first-order valence-corrected chi connectivity index (χ1v) is 7.60. The molecule has 0 amide bonds. The van der Waals surface area contributed by atoms with E-state index in [1.165, 1.54) is 25.9 Å². The van der Waals surface area contributed by atoms with Gasteiger partial charge in [-0.1, -0.05) is 30.7 Å². The molecule has 1 aromatic rings. The lowest BCUT2D eigenvalue weighted by Crippen LogP contribution is -2.35. The van der Waals surface area contributed by atoms with Crippen LogP contribution in [0, 0.1) is 12.8 Å². The molecule has 106 valence electrons. The van der Waals surface area contributed by atoms with Crippen molar-refractivity contribution in [2.24, 2.45) is 5.92 Å². The van der Waals surface area contributed by atoms with Crippen LogP contribution < -0.4 is 0 Å². The maximum Gasteiger partial charge on any atom is 0.0802 e. The van der Waals surface area contributed by atoms with Crippen LogP contribution in [0.2, 0.25) is 5.02 Å². The van der Waals surface area contributed by atoms with Crippen molar-refractivity contribution in [1.82, 2.24) is 4.90 Å². The summed E-state index contributed by atoms with van der Waals surface area (Å²) in [5.74, 6) is 0.795. The average molecular weight is 282 g/mol. The number of hydrogen-bond donors (Lipinski definition) is 1. The molecule has 1 saturated heterocycles. The van der Waals surface area contributed by atoms with E-state index in [9.17, 15) is 5.11 Å². The Morgan fingerprint density at radius 1 is 1.47 bits per heavy atom. The first-order valence-electron chi connectivity index (χ1n) is 7.22. The summed E-state index contributed by atoms with van der Waals surface area (Å²) in [5.41, 5.74) is 2.01. The Bertz CT molecular complexity index is 421. The van der Waals surface area contributed by atoms with E-state index in [2.05, 4.69) is 11.8 Å². The minimum atomic E-state index is -0.381. The number of benzene rings is 1. The van der Waals surface area contributed by atoms with Crippen LogP contribution in [0.15, 0.2) is 18.2 Å². The van der Waals surface area contributed by atoms with Gasteiger partial charge in [-0.3, -0.25) is 0 Å². The molecule has 2 rings (SSSR count). The largest absolute Gasteiger partial charge is 0.388 e. The van der Waals surface area contributed by atoms with Crippen molar-refractivity contribution < 1.29 is 5.11 Å². The molecule has 0 spiro atoms. The van der Waals surface area contributed by atoms with E-state index in [4.69, 9.17) is 11.6 Å². The highest BCUT2D eigenvalue weighted by molar-refractivity contribution is 6.31. The van der Waals surface area contributed by atoms with E-state index in [1.54, 1.807) is 0 Å². The summed E-state index contributed by atoms with van der Waals surface area (Å²) in [5, 5.41) is 11.0. The fraction of sp³-hybridized carbons (Fsp3) is 0.625. The summed E-state index contributed by atoms with van der Waals surface area (Å²) in [6.07, 6.45) is 3.05. The van der Waals surface area contributed by atoms with E-state index in [0.29, 0.717) is 0 Å². The molecule has 0 aliphatic carbocycles. The minimum Gasteiger partial charge on any atom is -0.388 e. The number of hydrogen-bond acceptors (Lipinski definition) is 2. The molecule has 2 unspecified atom stereocenters. The van der Waals surface area contributed by atoms with Gasteiger partial charge >= 0.3 is 0 Å². The van der Waals surface area contributed by atoms with E-state index in [0.717, 1.165) is 35.0 Å². The van der Waals surface area contributed by atoms with E-state index >= 15 is 0 Å². The standard InChI is InChI=1S/C16H24ClNO/c1-12-4-3-8-18(11-12)9-7-16(19)14-5-6-15(17)13(2)10-14/h5-6,10,12,16,19H,3-4,7-9,11H2,1-2H3. The molecule has 1 fully saturated rings. The number of piperidine rings is 1. The molecule has 0 saturated carbocycles. The van der Waals surface area contributed by atoms with E-state index in [-0.39, 0.29) is 6.10 Å². The van der Waals surface area contributed by atoms with E-state index < -0.39 is 0 Å². The summed E-state index contributed by atoms with van der Waals surface area (Å²) in [7, 11) is 0. The second-order valence-corrected chi connectivity index (χ2v) is 6.27. The highest BCUT2D eigenvalue weighted by atomic mass is 35.5. The summed E-state index contributed by atoms with van der Waals surface area (Å²) >= 11 is 6.01. The molecule has 0 aromatic heterocycles. The van der Waals surface area contributed by atoms with Gasteiger partial charge in [0.05, 0.1) is 6.10 Å². The van der Waals surface area contributed by atoms with Crippen molar-refractivity contribution in [3.8, 4) is 0 Å². The molecule has 3 heteroatoms. The third-order valence-corrected chi connectivity index (χ3v) is 4.45. The lowest BCUT2D eigenvalue weighted by molar-refractivity contribution is 0.122. The van der Waals surface area contributed by atoms with Crippen LogP contribution in [0.4, 0.5) is 0 Å². The Morgan fingerprint density at radius 3 is 2.95 bits per heavy atom. The van der Waals surface area contributed by atoms with Crippen molar-refractivity contribution in [3.05, 3.63) is 34.3 Å². The lowest BCUT2D eigenvalue weighted by atomic mass is 9.99. The highest BCUT2D eigenvalue weighted by Crippen LogP contribution is 2.24. The number of halogens is 1. The van der Waals surface area contributed by atoms with Crippen LogP contribution in [-0.2, 0) is 0 Å². The van der Waals surface area contributed by atoms with Crippen LogP contribution in [0.25, 0.3) is 0 Å². The zero-order chi connectivity index (χ0) is 13.8. The summed E-state index contributed by atoms with van der Waals surface area (Å²) in [6, 6.07) is 5.79. The zero-order valence-electron chi connectivity index (χ0n) is 11.9. The highest BCUT2D eigenvalue weighted by Gasteiger charge is 2.17. The summed E-state index contributed by atoms with van der Waals surface area (Å²) in [6.45, 7) is 7.62. The summed E-state index contributed by atoms with van der Waals surface area (Å²) in [4.78, 5) is 2.47. The third-order valence-electron chi connectivity index (χ3n) is 4.03.